The number of fused-ring (bicyclic) bond motifs is 2. The minimum Gasteiger partial charge on any atom is -0.392 e. The summed E-state index contributed by atoms with van der Waals surface area (Å²) < 4.78 is 0. The highest BCUT2D eigenvalue weighted by Gasteiger charge is 2.37. The first kappa shape index (κ1) is 34.2. The molecule has 3 heterocycles. The third-order valence-electron chi connectivity index (χ3n) is 9.40. The molecular weight excluding hydrogens is 623 g/mol. The van der Waals surface area contributed by atoms with E-state index in [1.165, 1.54) is 5.56 Å². The number of benzene rings is 2. The first-order valence-electron chi connectivity index (χ1n) is 16.9. The summed E-state index contributed by atoms with van der Waals surface area (Å²) in [5.74, 6) is -0.780. The highest BCUT2D eigenvalue weighted by molar-refractivity contribution is 7.16. The predicted molar refractivity (Wildman–Crippen MR) is 189 cm³/mol. The molecule has 2 aliphatic rings. The molecule has 0 unspecified atom stereocenters. The number of aliphatic hydroxyl groups is 2. The van der Waals surface area contributed by atoms with Crippen molar-refractivity contribution in [2.24, 2.45) is 5.92 Å². The number of aliphatic hydroxyl groups excluding tert-OH is 2. The van der Waals surface area contributed by atoms with Crippen LogP contribution in [0.2, 0.25) is 0 Å². The standard InChI is InChI=1S/C38H47N5O4S/c1-38(2,3)41-36(47)32-23-42(21-28-24-48-37-31(28)14-9-15-39-37)16-17-43(32)22-29(44)19-27(18-25-10-5-4-6-11-25)35(46)40-34-30-13-8-7-12-26(30)20-33(34)45/h4-15,24,27,29,32-34,44-45H,16-23H2,1-3H3,(H,40,46)(H,41,47)/t27-,29+,32+,33-,34+/m1/s1. The monoisotopic (exact) mass is 669 g/mol. The molecule has 0 spiro atoms. The number of aromatic nitrogens is 1. The Hall–Kier alpha value is -3.67. The van der Waals surface area contributed by atoms with Crippen LogP contribution < -0.4 is 10.6 Å². The first-order valence-corrected chi connectivity index (χ1v) is 17.8. The highest BCUT2D eigenvalue weighted by Crippen LogP contribution is 2.32. The number of thiophene rings is 1. The Labute approximate surface area is 287 Å². The molecule has 0 bridgehead atoms. The molecule has 48 heavy (non-hydrogen) atoms. The fourth-order valence-corrected chi connectivity index (χ4v) is 8.00. The third-order valence-corrected chi connectivity index (χ3v) is 10.4. The average Bonchev–Trinajstić information content (AvgIpc) is 3.60. The van der Waals surface area contributed by atoms with Crippen molar-refractivity contribution >= 4 is 33.4 Å². The number of nitrogens with one attached hydrogen (secondary N) is 2. The van der Waals surface area contributed by atoms with Gasteiger partial charge in [-0.05, 0) is 67.3 Å². The van der Waals surface area contributed by atoms with E-state index in [2.05, 4.69) is 36.9 Å². The smallest absolute Gasteiger partial charge is 0.239 e. The topological polar surface area (TPSA) is 118 Å². The number of amides is 2. The lowest BCUT2D eigenvalue weighted by Crippen LogP contribution is -2.61. The molecule has 5 atom stereocenters. The largest absolute Gasteiger partial charge is 0.392 e. The number of β-amino-alcohol motifs (C(OH)–C–C–N with tert-alkyl or cyclic N) is 1. The summed E-state index contributed by atoms with van der Waals surface area (Å²) in [4.78, 5) is 37.5. The van der Waals surface area contributed by atoms with Gasteiger partial charge in [-0.25, -0.2) is 4.98 Å². The van der Waals surface area contributed by atoms with Gasteiger partial charge in [0, 0.05) is 62.2 Å². The summed E-state index contributed by atoms with van der Waals surface area (Å²) in [6.07, 6.45) is 1.46. The van der Waals surface area contributed by atoms with Crippen LogP contribution in [-0.2, 0) is 29.0 Å². The van der Waals surface area contributed by atoms with Gasteiger partial charge in [-0.15, -0.1) is 11.3 Å². The molecule has 1 aliphatic carbocycles. The van der Waals surface area contributed by atoms with Gasteiger partial charge in [0.25, 0.3) is 0 Å². The Kier molecular flexibility index (Phi) is 10.6. The van der Waals surface area contributed by atoms with Gasteiger partial charge in [-0.2, -0.15) is 0 Å². The van der Waals surface area contributed by atoms with Gasteiger partial charge in [0.15, 0.2) is 0 Å². The van der Waals surface area contributed by atoms with Gasteiger partial charge < -0.3 is 20.8 Å². The lowest BCUT2D eigenvalue weighted by atomic mass is 9.91. The van der Waals surface area contributed by atoms with Crippen LogP contribution in [0.25, 0.3) is 10.2 Å². The van der Waals surface area contributed by atoms with E-state index in [9.17, 15) is 19.8 Å². The number of piperazine rings is 1. The number of hydrogen-bond acceptors (Lipinski definition) is 8. The molecule has 6 rings (SSSR count). The van der Waals surface area contributed by atoms with Crippen LogP contribution in [0.15, 0.2) is 78.3 Å². The maximum Gasteiger partial charge on any atom is 0.239 e. The minimum atomic E-state index is -0.839. The summed E-state index contributed by atoms with van der Waals surface area (Å²) in [6.45, 7) is 8.80. The Bertz CT molecular complexity index is 1710. The number of hydrogen-bond donors (Lipinski definition) is 4. The zero-order valence-electron chi connectivity index (χ0n) is 28.0. The highest BCUT2D eigenvalue weighted by atomic mass is 32.1. The van der Waals surface area contributed by atoms with Crippen molar-refractivity contribution in [3.05, 3.63) is 101 Å². The van der Waals surface area contributed by atoms with Crippen LogP contribution in [0.4, 0.5) is 0 Å². The van der Waals surface area contributed by atoms with Crippen LogP contribution in [0.5, 0.6) is 0 Å². The van der Waals surface area contributed by atoms with Crippen LogP contribution in [-0.4, -0.2) is 86.8 Å². The van der Waals surface area contributed by atoms with Crippen LogP contribution in [0.1, 0.15) is 55.5 Å². The van der Waals surface area contributed by atoms with E-state index >= 15 is 0 Å². The fourth-order valence-electron chi connectivity index (χ4n) is 7.10. The molecule has 1 saturated heterocycles. The summed E-state index contributed by atoms with van der Waals surface area (Å²) >= 11 is 1.63. The van der Waals surface area contributed by atoms with Crippen LogP contribution >= 0.6 is 11.3 Å². The van der Waals surface area contributed by atoms with Gasteiger partial charge in [0.1, 0.15) is 10.9 Å². The van der Waals surface area contributed by atoms with E-state index in [0.29, 0.717) is 25.9 Å². The maximum absolute atomic E-state index is 13.9. The summed E-state index contributed by atoms with van der Waals surface area (Å²) in [6, 6.07) is 20.7. The number of carbonyl (C=O) groups excluding carboxylic acids is 2. The molecule has 1 fully saturated rings. The zero-order chi connectivity index (χ0) is 33.8. The van der Waals surface area contributed by atoms with Crippen molar-refractivity contribution in [1.82, 2.24) is 25.4 Å². The van der Waals surface area contributed by atoms with Gasteiger partial charge in [-0.1, -0.05) is 60.7 Å². The molecule has 4 N–H and O–H groups in total. The first-order chi connectivity index (χ1) is 23.0. The lowest BCUT2D eigenvalue weighted by Gasteiger charge is -2.42. The maximum atomic E-state index is 13.9. The predicted octanol–water partition coefficient (Wildman–Crippen LogP) is 4.08. The average molecular weight is 670 g/mol. The number of pyridine rings is 1. The molecule has 2 aromatic carbocycles. The number of nitrogens with zero attached hydrogens (tertiary/aromatic N) is 3. The van der Waals surface area contributed by atoms with Crippen LogP contribution in [0.3, 0.4) is 0 Å². The van der Waals surface area contributed by atoms with Crippen molar-refractivity contribution in [1.29, 1.82) is 0 Å². The van der Waals surface area contributed by atoms with Gasteiger partial charge in [0.2, 0.25) is 11.8 Å². The van der Waals surface area contributed by atoms with Gasteiger partial charge in [0.05, 0.1) is 18.2 Å². The molecule has 10 heteroatoms. The second-order valence-electron chi connectivity index (χ2n) is 14.3. The molecule has 0 radical (unpaired) electrons. The van der Waals surface area contributed by atoms with E-state index in [0.717, 1.165) is 40.0 Å². The van der Waals surface area contributed by atoms with E-state index in [-0.39, 0.29) is 24.8 Å². The molecule has 4 aromatic rings. The van der Waals surface area contributed by atoms with Gasteiger partial charge >= 0.3 is 0 Å². The second kappa shape index (κ2) is 14.8. The van der Waals surface area contributed by atoms with E-state index in [4.69, 9.17) is 0 Å². The number of carbonyl (C=O) groups is 2. The Morgan fingerprint density at radius 1 is 1.04 bits per heavy atom. The Balaban J connectivity index is 1.16. The molecule has 254 valence electrons. The van der Waals surface area contributed by atoms with Crippen LogP contribution in [0, 0.1) is 5.92 Å². The van der Waals surface area contributed by atoms with Crippen molar-refractivity contribution < 1.29 is 19.8 Å². The Morgan fingerprint density at radius 3 is 2.60 bits per heavy atom. The lowest BCUT2D eigenvalue weighted by molar-refractivity contribution is -0.132. The fraction of sp³-hybridized carbons (Fsp3) is 0.447. The minimum absolute atomic E-state index is 0.0660. The van der Waals surface area contributed by atoms with Crippen molar-refractivity contribution in [3.63, 3.8) is 0 Å². The molecule has 1 aliphatic heterocycles. The SMILES string of the molecule is CC(C)(C)NC(=O)[C@@H]1CN(Cc2csc3ncccc23)CCN1C[C@@H](O)C[C@@H](Cc1ccccc1)C(=O)N[C@H]1c2ccccc2C[C@H]1O. The van der Waals surface area contributed by atoms with E-state index in [1.807, 2.05) is 87.6 Å². The van der Waals surface area contributed by atoms with Crippen molar-refractivity contribution in [2.75, 3.05) is 26.2 Å². The summed E-state index contributed by atoms with van der Waals surface area (Å²) in [5, 5.41) is 32.0. The normalized spacial score (nSPS) is 21.5. The molecule has 2 amide bonds. The second-order valence-corrected chi connectivity index (χ2v) is 15.2. The Morgan fingerprint density at radius 2 is 1.81 bits per heavy atom. The van der Waals surface area contributed by atoms with Crippen molar-refractivity contribution in [3.8, 4) is 0 Å². The van der Waals surface area contributed by atoms with E-state index in [1.54, 1.807) is 11.3 Å². The molecular formula is C38H47N5O4S. The summed E-state index contributed by atoms with van der Waals surface area (Å²) in [7, 11) is 0. The zero-order valence-corrected chi connectivity index (χ0v) is 28.8. The third kappa shape index (κ3) is 8.30. The van der Waals surface area contributed by atoms with Gasteiger partial charge in [-0.3, -0.25) is 19.4 Å². The summed E-state index contributed by atoms with van der Waals surface area (Å²) in [5.41, 5.74) is 3.79. The molecule has 2 aromatic heterocycles. The quantitative estimate of drug-likeness (QED) is 0.190. The van der Waals surface area contributed by atoms with Crippen molar-refractivity contribution in [2.45, 2.75) is 76.4 Å². The van der Waals surface area contributed by atoms with E-state index < -0.39 is 35.7 Å². The molecule has 0 saturated carbocycles. The number of rotatable bonds is 11. The molecule has 9 nitrogen and oxygen atoms in total.